The Balaban J connectivity index is 1.45. The smallest absolute Gasteiger partial charge is 0.131 e. The van der Waals surface area contributed by atoms with Gasteiger partial charge in [0.15, 0.2) is 0 Å². The SMILES string of the molecule is CC(C)c1cc(N)ccc1Oc1ccc(C2(c3ccc(Oc4ccc(N)cc4C(C)C)c(C(C)C)c3)c3ccccc3-c3ccccc32)cc1C(C)C. The Morgan fingerprint density at radius 2 is 0.717 bits per heavy atom. The number of nitrogens with two attached hydrogens (primary N) is 2. The normalized spacial score (nSPS) is 13.1. The summed E-state index contributed by atoms with van der Waals surface area (Å²) < 4.78 is 13.6. The van der Waals surface area contributed by atoms with Crippen molar-refractivity contribution in [2.75, 3.05) is 11.5 Å². The van der Waals surface area contributed by atoms with Gasteiger partial charge in [0.05, 0.1) is 5.41 Å². The lowest BCUT2D eigenvalue weighted by Crippen LogP contribution is -2.29. The fraction of sp³-hybridized carbons (Fsp3) is 0.265. The van der Waals surface area contributed by atoms with E-state index in [2.05, 4.69) is 140 Å². The first-order valence-electron chi connectivity index (χ1n) is 19.0. The third-order valence-electron chi connectivity index (χ3n) is 10.8. The zero-order valence-electron chi connectivity index (χ0n) is 32.3. The molecule has 0 saturated heterocycles. The fourth-order valence-electron chi connectivity index (χ4n) is 8.13. The number of benzene rings is 6. The molecule has 0 bridgehead atoms. The molecule has 0 amide bonds. The molecular formula is C49H52N2O2. The van der Waals surface area contributed by atoms with Crippen molar-refractivity contribution < 1.29 is 9.47 Å². The number of hydrogen-bond acceptors (Lipinski definition) is 4. The predicted molar refractivity (Wildman–Crippen MR) is 222 cm³/mol. The summed E-state index contributed by atoms with van der Waals surface area (Å²) in [6.45, 7) is 17.7. The van der Waals surface area contributed by atoms with Crippen LogP contribution in [0.5, 0.6) is 23.0 Å². The second kappa shape index (κ2) is 14.2. The predicted octanol–water partition coefficient (Wildman–Crippen LogP) is 13.3. The second-order valence-electron chi connectivity index (χ2n) is 15.8. The molecule has 4 N–H and O–H groups in total. The quantitative estimate of drug-likeness (QED) is 0.139. The maximum atomic E-state index is 6.79. The number of ether oxygens (including phenoxy) is 2. The van der Waals surface area contributed by atoms with Gasteiger partial charge in [-0.15, -0.1) is 0 Å². The summed E-state index contributed by atoms with van der Waals surface area (Å²) in [7, 11) is 0. The molecule has 7 rings (SSSR count). The van der Waals surface area contributed by atoms with E-state index in [1.54, 1.807) is 0 Å². The topological polar surface area (TPSA) is 70.5 Å². The van der Waals surface area contributed by atoms with E-state index >= 15 is 0 Å². The summed E-state index contributed by atoms with van der Waals surface area (Å²) in [5, 5.41) is 0. The van der Waals surface area contributed by atoms with Gasteiger partial charge in [0.2, 0.25) is 0 Å². The Kier molecular flexibility index (Phi) is 9.59. The molecule has 0 spiro atoms. The second-order valence-corrected chi connectivity index (χ2v) is 15.8. The molecule has 0 saturated carbocycles. The van der Waals surface area contributed by atoms with E-state index in [4.69, 9.17) is 20.9 Å². The summed E-state index contributed by atoms with van der Waals surface area (Å²) in [5.41, 5.74) is 25.3. The first-order valence-corrected chi connectivity index (χ1v) is 19.0. The molecule has 53 heavy (non-hydrogen) atoms. The van der Waals surface area contributed by atoms with E-state index in [1.165, 1.54) is 33.4 Å². The zero-order chi connectivity index (χ0) is 37.6. The van der Waals surface area contributed by atoms with E-state index in [1.807, 2.05) is 36.4 Å². The summed E-state index contributed by atoms with van der Waals surface area (Å²) >= 11 is 0. The summed E-state index contributed by atoms with van der Waals surface area (Å²) in [6, 6.07) is 43.3. The van der Waals surface area contributed by atoms with Crippen molar-refractivity contribution in [3.63, 3.8) is 0 Å². The van der Waals surface area contributed by atoms with Gasteiger partial charge in [-0.3, -0.25) is 0 Å². The molecule has 1 aliphatic rings. The molecule has 4 heteroatoms. The average molecular weight is 701 g/mol. The minimum Gasteiger partial charge on any atom is -0.457 e. The highest BCUT2D eigenvalue weighted by Gasteiger charge is 2.46. The van der Waals surface area contributed by atoms with Crippen LogP contribution in [0.3, 0.4) is 0 Å². The maximum Gasteiger partial charge on any atom is 0.131 e. The van der Waals surface area contributed by atoms with Gasteiger partial charge >= 0.3 is 0 Å². The molecule has 270 valence electrons. The minimum absolute atomic E-state index is 0.210. The maximum absolute atomic E-state index is 6.79. The number of nitrogen functional groups attached to an aromatic ring is 2. The lowest BCUT2D eigenvalue weighted by molar-refractivity contribution is 0.463. The Labute approximate surface area is 315 Å². The van der Waals surface area contributed by atoms with Crippen LogP contribution in [0.25, 0.3) is 11.1 Å². The molecule has 0 aliphatic heterocycles. The number of hydrogen-bond donors (Lipinski definition) is 2. The van der Waals surface area contributed by atoms with E-state index in [-0.39, 0.29) is 23.7 Å². The van der Waals surface area contributed by atoms with Crippen molar-refractivity contribution in [3.8, 4) is 34.1 Å². The summed E-state index contributed by atoms with van der Waals surface area (Å²) in [5.74, 6) is 4.36. The van der Waals surface area contributed by atoms with E-state index in [0.29, 0.717) is 0 Å². The van der Waals surface area contributed by atoms with Crippen LogP contribution in [0, 0.1) is 0 Å². The van der Waals surface area contributed by atoms with Gasteiger partial charge in [0, 0.05) is 11.4 Å². The van der Waals surface area contributed by atoms with Crippen LogP contribution >= 0.6 is 0 Å². The largest absolute Gasteiger partial charge is 0.457 e. The summed E-state index contributed by atoms with van der Waals surface area (Å²) in [4.78, 5) is 0. The lowest BCUT2D eigenvalue weighted by Gasteiger charge is -2.35. The monoisotopic (exact) mass is 700 g/mol. The molecule has 0 aromatic heterocycles. The van der Waals surface area contributed by atoms with Crippen molar-refractivity contribution >= 4 is 11.4 Å². The molecule has 0 fully saturated rings. The van der Waals surface area contributed by atoms with Crippen molar-refractivity contribution in [1.29, 1.82) is 0 Å². The standard InChI is InChI=1S/C49H52N2O2/c1-29(2)39-25-33(17-21-45(39)52-47-23-19-35(50)27-41(47)31(5)6)49(43-15-11-9-13-37(43)38-14-10-12-16-44(38)49)34-18-22-46(40(26-34)30(3)4)53-48-24-20-36(51)28-42(48)32(7)8/h9-32H,50-51H2,1-8H3. The molecule has 1 aliphatic carbocycles. The average Bonchev–Trinajstić information content (AvgIpc) is 3.44. The Morgan fingerprint density at radius 3 is 1.08 bits per heavy atom. The molecule has 0 atom stereocenters. The van der Waals surface area contributed by atoms with Crippen LogP contribution in [-0.4, -0.2) is 0 Å². The lowest BCUT2D eigenvalue weighted by atomic mass is 9.66. The van der Waals surface area contributed by atoms with Gasteiger partial charge in [0.25, 0.3) is 0 Å². The Hall–Kier alpha value is -5.48. The molecule has 0 unspecified atom stereocenters. The minimum atomic E-state index is -0.577. The van der Waals surface area contributed by atoms with Crippen LogP contribution in [0.4, 0.5) is 11.4 Å². The third kappa shape index (κ3) is 6.35. The van der Waals surface area contributed by atoms with E-state index < -0.39 is 5.41 Å². The highest BCUT2D eigenvalue weighted by Crippen LogP contribution is 2.57. The molecule has 6 aromatic carbocycles. The van der Waals surface area contributed by atoms with Gasteiger partial charge in [-0.25, -0.2) is 0 Å². The van der Waals surface area contributed by atoms with Crippen LogP contribution in [-0.2, 0) is 5.41 Å². The van der Waals surface area contributed by atoms with Crippen molar-refractivity contribution in [2.45, 2.75) is 84.5 Å². The van der Waals surface area contributed by atoms with Crippen LogP contribution < -0.4 is 20.9 Å². The van der Waals surface area contributed by atoms with Gasteiger partial charge in [-0.05, 0) is 128 Å². The van der Waals surface area contributed by atoms with Crippen molar-refractivity contribution in [3.05, 3.63) is 166 Å². The summed E-state index contributed by atoms with van der Waals surface area (Å²) in [6.07, 6.45) is 0. The first kappa shape index (κ1) is 35.9. The van der Waals surface area contributed by atoms with Crippen LogP contribution in [0.1, 0.15) is 124 Å². The van der Waals surface area contributed by atoms with Gasteiger partial charge in [-0.1, -0.05) is 128 Å². The van der Waals surface area contributed by atoms with E-state index in [9.17, 15) is 0 Å². The van der Waals surface area contributed by atoms with Crippen LogP contribution in [0.15, 0.2) is 121 Å². The molecule has 6 aromatic rings. The third-order valence-corrected chi connectivity index (χ3v) is 10.8. The molecular weight excluding hydrogens is 649 g/mol. The van der Waals surface area contributed by atoms with Gasteiger partial charge in [-0.2, -0.15) is 0 Å². The van der Waals surface area contributed by atoms with Crippen molar-refractivity contribution in [2.24, 2.45) is 0 Å². The Morgan fingerprint density at radius 1 is 0.396 bits per heavy atom. The molecule has 4 nitrogen and oxygen atoms in total. The highest BCUT2D eigenvalue weighted by molar-refractivity contribution is 5.86. The molecule has 0 heterocycles. The number of fused-ring (bicyclic) bond motifs is 3. The van der Waals surface area contributed by atoms with Gasteiger partial charge < -0.3 is 20.9 Å². The highest BCUT2D eigenvalue weighted by atomic mass is 16.5. The van der Waals surface area contributed by atoms with Gasteiger partial charge in [0.1, 0.15) is 23.0 Å². The van der Waals surface area contributed by atoms with Crippen LogP contribution in [0.2, 0.25) is 0 Å². The van der Waals surface area contributed by atoms with E-state index in [0.717, 1.165) is 56.6 Å². The fourth-order valence-corrected chi connectivity index (χ4v) is 8.13. The number of rotatable bonds is 10. The molecule has 0 radical (unpaired) electrons. The van der Waals surface area contributed by atoms with Crippen molar-refractivity contribution in [1.82, 2.24) is 0 Å². The first-order chi connectivity index (χ1) is 25.4. The zero-order valence-corrected chi connectivity index (χ0v) is 32.3. The number of anilines is 2. The Bertz CT molecular complexity index is 2140.